The number of esters is 1. The van der Waals surface area contributed by atoms with Gasteiger partial charge in [-0.05, 0) is 32.2 Å². The Labute approximate surface area is 85.5 Å². The second kappa shape index (κ2) is 6.60. The Kier molecular flexibility index (Phi) is 5.30. The minimum absolute atomic E-state index is 0.141. The van der Waals surface area contributed by atoms with E-state index in [2.05, 4.69) is 16.1 Å². The van der Waals surface area contributed by atoms with Crippen LogP contribution in [0.4, 0.5) is 0 Å². The highest BCUT2D eigenvalue weighted by Crippen LogP contribution is 2.19. The van der Waals surface area contributed by atoms with E-state index in [9.17, 15) is 4.79 Å². The predicted molar refractivity (Wildman–Crippen MR) is 56.1 cm³/mol. The number of nitrogens with one attached hydrogen (secondary N) is 1. The van der Waals surface area contributed by atoms with Gasteiger partial charge in [-0.25, -0.2) is 0 Å². The summed E-state index contributed by atoms with van der Waals surface area (Å²) in [6, 6.07) is 0. The standard InChI is InChI=1S/C11H19NO2/c1-14-11(13)7-9-12-8-6-10-4-2-3-5-10/h4,12H,2-3,5-9H2,1H3. The molecule has 0 saturated heterocycles. The minimum atomic E-state index is -0.141. The zero-order chi connectivity index (χ0) is 10.2. The fraction of sp³-hybridized carbons (Fsp3) is 0.727. The van der Waals surface area contributed by atoms with Crippen molar-refractivity contribution in [3.8, 4) is 0 Å². The van der Waals surface area contributed by atoms with Crippen LogP contribution >= 0.6 is 0 Å². The van der Waals surface area contributed by atoms with Crippen molar-refractivity contribution in [1.82, 2.24) is 5.32 Å². The van der Waals surface area contributed by atoms with Gasteiger partial charge in [-0.3, -0.25) is 4.79 Å². The third-order valence-corrected chi connectivity index (χ3v) is 2.49. The highest BCUT2D eigenvalue weighted by Gasteiger charge is 2.03. The molecule has 0 aromatic rings. The number of hydrogen-bond donors (Lipinski definition) is 1. The SMILES string of the molecule is COC(=O)CCNCCC1=CCCC1. The molecule has 0 bridgehead atoms. The van der Waals surface area contributed by atoms with E-state index in [1.165, 1.54) is 26.4 Å². The molecule has 3 nitrogen and oxygen atoms in total. The monoisotopic (exact) mass is 197 g/mol. The van der Waals surface area contributed by atoms with Crippen molar-refractivity contribution >= 4 is 5.97 Å². The second-order valence-electron chi connectivity index (χ2n) is 3.58. The first kappa shape index (κ1) is 11.2. The molecular weight excluding hydrogens is 178 g/mol. The summed E-state index contributed by atoms with van der Waals surface area (Å²) < 4.78 is 4.54. The lowest BCUT2D eigenvalue weighted by Gasteiger charge is -2.04. The quantitative estimate of drug-likeness (QED) is 0.399. The molecular formula is C11H19NO2. The van der Waals surface area contributed by atoms with E-state index in [4.69, 9.17) is 0 Å². The van der Waals surface area contributed by atoms with E-state index in [-0.39, 0.29) is 5.97 Å². The minimum Gasteiger partial charge on any atom is -0.469 e. The number of carbonyl (C=O) groups is 1. The van der Waals surface area contributed by atoms with Gasteiger partial charge in [-0.1, -0.05) is 11.6 Å². The van der Waals surface area contributed by atoms with Crippen LogP contribution in [0.25, 0.3) is 0 Å². The molecule has 0 saturated carbocycles. The van der Waals surface area contributed by atoms with Gasteiger partial charge in [-0.2, -0.15) is 0 Å². The van der Waals surface area contributed by atoms with Gasteiger partial charge in [0.1, 0.15) is 0 Å². The van der Waals surface area contributed by atoms with Crippen molar-refractivity contribution in [2.24, 2.45) is 0 Å². The van der Waals surface area contributed by atoms with Crippen LogP contribution in [0.15, 0.2) is 11.6 Å². The van der Waals surface area contributed by atoms with Crippen LogP contribution in [0.3, 0.4) is 0 Å². The Hall–Kier alpha value is -0.830. The number of carbonyl (C=O) groups excluding carboxylic acids is 1. The van der Waals surface area contributed by atoms with Gasteiger partial charge in [-0.15, -0.1) is 0 Å². The van der Waals surface area contributed by atoms with Gasteiger partial charge in [0, 0.05) is 6.54 Å². The Morgan fingerprint density at radius 1 is 1.57 bits per heavy atom. The molecule has 0 spiro atoms. The van der Waals surface area contributed by atoms with Crippen LogP contribution in [0.2, 0.25) is 0 Å². The van der Waals surface area contributed by atoms with Gasteiger partial charge >= 0.3 is 5.97 Å². The fourth-order valence-corrected chi connectivity index (χ4v) is 1.63. The third-order valence-electron chi connectivity index (χ3n) is 2.49. The number of allylic oxidation sites excluding steroid dienone is 1. The van der Waals surface area contributed by atoms with Crippen LogP contribution in [0.5, 0.6) is 0 Å². The molecule has 80 valence electrons. The fourth-order valence-electron chi connectivity index (χ4n) is 1.63. The van der Waals surface area contributed by atoms with Crippen LogP contribution in [0, 0.1) is 0 Å². The first-order valence-corrected chi connectivity index (χ1v) is 5.28. The van der Waals surface area contributed by atoms with Crippen molar-refractivity contribution in [3.63, 3.8) is 0 Å². The Morgan fingerprint density at radius 3 is 3.07 bits per heavy atom. The highest BCUT2D eigenvalue weighted by atomic mass is 16.5. The summed E-state index contributed by atoms with van der Waals surface area (Å²) in [5.74, 6) is -0.141. The van der Waals surface area contributed by atoms with Gasteiger partial charge in [0.2, 0.25) is 0 Å². The number of ether oxygens (including phenoxy) is 1. The van der Waals surface area contributed by atoms with Gasteiger partial charge in [0.15, 0.2) is 0 Å². The lowest BCUT2D eigenvalue weighted by molar-refractivity contribution is -0.140. The van der Waals surface area contributed by atoms with E-state index in [1.54, 1.807) is 5.57 Å². The van der Waals surface area contributed by atoms with Gasteiger partial charge < -0.3 is 10.1 Å². The smallest absolute Gasteiger partial charge is 0.306 e. The van der Waals surface area contributed by atoms with Crippen molar-refractivity contribution < 1.29 is 9.53 Å². The molecule has 0 radical (unpaired) electrons. The molecule has 0 fully saturated rings. The summed E-state index contributed by atoms with van der Waals surface area (Å²) in [6.45, 7) is 1.70. The maximum Gasteiger partial charge on any atom is 0.306 e. The molecule has 0 aromatic heterocycles. The molecule has 0 atom stereocenters. The summed E-state index contributed by atoms with van der Waals surface area (Å²) >= 11 is 0. The summed E-state index contributed by atoms with van der Waals surface area (Å²) in [4.78, 5) is 10.8. The van der Waals surface area contributed by atoms with Crippen molar-refractivity contribution in [2.45, 2.75) is 32.1 Å². The average Bonchev–Trinajstić information content (AvgIpc) is 2.69. The summed E-state index contributed by atoms with van der Waals surface area (Å²) in [7, 11) is 1.42. The number of hydrogen-bond acceptors (Lipinski definition) is 3. The zero-order valence-electron chi connectivity index (χ0n) is 8.84. The lowest BCUT2D eigenvalue weighted by atomic mass is 10.2. The summed E-state index contributed by atoms with van der Waals surface area (Å²) in [5.41, 5.74) is 1.57. The predicted octanol–water partition coefficient (Wildman–Crippen LogP) is 1.64. The Balaban J connectivity index is 1.91. The average molecular weight is 197 g/mol. The molecule has 0 amide bonds. The van der Waals surface area contributed by atoms with Crippen molar-refractivity contribution in [3.05, 3.63) is 11.6 Å². The molecule has 3 heteroatoms. The number of rotatable bonds is 6. The maximum absolute atomic E-state index is 10.8. The lowest BCUT2D eigenvalue weighted by Crippen LogP contribution is -2.20. The molecule has 1 aliphatic rings. The van der Waals surface area contributed by atoms with Crippen LogP contribution in [-0.4, -0.2) is 26.2 Å². The van der Waals surface area contributed by atoms with Gasteiger partial charge in [0.05, 0.1) is 13.5 Å². The zero-order valence-corrected chi connectivity index (χ0v) is 8.84. The Bertz CT molecular complexity index is 211. The third kappa shape index (κ3) is 4.42. The van der Waals surface area contributed by atoms with Crippen LogP contribution < -0.4 is 5.32 Å². The first-order chi connectivity index (χ1) is 6.83. The van der Waals surface area contributed by atoms with E-state index in [0.29, 0.717) is 6.42 Å². The van der Waals surface area contributed by atoms with Crippen LogP contribution in [-0.2, 0) is 9.53 Å². The summed E-state index contributed by atoms with van der Waals surface area (Å²) in [6.07, 6.45) is 7.76. The largest absolute Gasteiger partial charge is 0.469 e. The molecule has 14 heavy (non-hydrogen) atoms. The normalized spacial score (nSPS) is 15.4. The highest BCUT2D eigenvalue weighted by molar-refractivity contribution is 5.69. The van der Waals surface area contributed by atoms with E-state index < -0.39 is 0 Å². The van der Waals surface area contributed by atoms with E-state index >= 15 is 0 Å². The van der Waals surface area contributed by atoms with Gasteiger partial charge in [0.25, 0.3) is 0 Å². The molecule has 1 aliphatic carbocycles. The molecule has 0 aromatic carbocycles. The molecule has 0 aliphatic heterocycles. The van der Waals surface area contributed by atoms with E-state index in [1.807, 2.05) is 0 Å². The topological polar surface area (TPSA) is 38.3 Å². The van der Waals surface area contributed by atoms with Crippen molar-refractivity contribution in [1.29, 1.82) is 0 Å². The molecule has 1 N–H and O–H groups in total. The second-order valence-corrected chi connectivity index (χ2v) is 3.58. The van der Waals surface area contributed by atoms with Crippen molar-refractivity contribution in [2.75, 3.05) is 20.2 Å². The van der Waals surface area contributed by atoms with E-state index in [0.717, 1.165) is 19.5 Å². The molecule has 0 unspecified atom stereocenters. The number of methoxy groups -OCH3 is 1. The maximum atomic E-state index is 10.8. The Morgan fingerprint density at radius 2 is 2.43 bits per heavy atom. The molecule has 1 rings (SSSR count). The van der Waals surface area contributed by atoms with Crippen LogP contribution in [0.1, 0.15) is 32.1 Å². The summed E-state index contributed by atoms with van der Waals surface area (Å²) in [5, 5.41) is 3.24. The first-order valence-electron chi connectivity index (χ1n) is 5.28. The molecule has 0 heterocycles.